The minimum Gasteiger partial charge on any atom is -0.491 e. The Labute approximate surface area is 107 Å². The van der Waals surface area contributed by atoms with E-state index in [4.69, 9.17) is 20.0 Å². The van der Waals surface area contributed by atoms with Crippen molar-refractivity contribution in [1.29, 1.82) is 5.41 Å². The second kappa shape index (κ2) is 11.3. The van der Waals surface area contributed by atoms with Gasteiger partial charge in [0.25, 0.3) is 5.97 Å². The summed E-state index contributed by atoms with van der Waals surface area (Å²) < 4.78 is 5.41. The first-order chi connectivity index (χ1) is 8.25. The van der Waals surface area contributed by atoms with Gasteiger partial charge in [-0.3, -0.25) is 10.2 Å². The topological polar surface area (TPSA) is 122 Å². The Hall–Kier alpha value is -2.24. The van der Waals surface area contributed by atoms with Gasteiger partial charge in [-0.15, -0.1) is 0 Å². The van der Waals surface area contributed by atoms with Crippen LogP contribution in [0.3, 0.4) is 0 Å². The average Bonchev–Trinajstić information content (AvgIpc) is 2.16. The van der Waals surface area contributed by atoms with Crippen LogP contribution in [0.15, 0.2) is 30.3 Å². The molecule has 0 aliphatic heterocycles. The number of para-hydroxylation sites is 1. The largest absolute Gasteiger partial charge is 0.491 e. The van der Waals surface area contributed by atoms with Gasteiger partial charge in [-0.1, -0.05) is 18.2 Å². The molecule has 0 unspecified atom stereocenters. The van der Waals surface area contributed by atoms with Crippen LogP contribution in [0.2, 0.25) is 0 Å². The summed E-state index contributed by atoms with van der Waals surface area (Å²) in [4.78, 5) is 9.00. The number of hydrogen-bond donors (Lipinski definition) is 4. The van der Waals surface area contributed by atoms with Crippen LogP contribution >= 0.6 is 0 Å². The van der Waals surface area contributed by atoms with Crippen LogP contribution in [0, 0.1) is 5.41 Å². The summed E-state index contributed by atoms with van der Waals surface area (Å²) in [7, 11) is 0. The lowest BCUT2D eigenvalue weighted by Gasteiger charge is -2.07. The van der Waals surface area contributed by atoms with Crippen LogP contribution in [-0.4, -0.2) is 23.1 Å². The highest BCUT2D eigenvalue weighted by Crippen LogP contribution is 2.09. The fourth-order valence-corrected chi connectivity index (χ4v) is 0.771. The van der Waals surface area contributed by atoms with Crippen LogP contribution in [0.5, 0.6) is 5.75 Å². The normalized spacial score (nSPS) is 8.22. The standard InChI is InChI=1S/C9H12O.C2H4O2.CH5N3/c1-8(2)10-9-6-4-3-5-7-9;1-2(3)4;2-1(3)4/h3-8H,1-2H3;1H3,(H,3,4);(H5,2,3,4). The Bertz CT molecular complexity index is 320. The molecular formula is C12H21N3O3. The second-order valence-electron chi connectivity index (χ2n) is 3.45. The first-order valence-corrected chi connectivity index (χ1v) is 5.26. The predicted octanol–water partition coefficient (Wildman–Crippen LogP) is 1.40. The van der Waals surface area contributed by atoms with E-state index in [0.29, 0.717) is 0 Å². The molecule has 0 aliphatic rings. The van der Waals surface area contributed by atoms with E-state index in [-0.39, 0.29) is 12.1 Å². The molecule has 6 heteroatoms. The smallest absolute Gasteiger partial charge is 0.300 e. The summed E-state index contributed by atoms with van der Waals surface area (Å²) in [6, 6.07) is 9.84. The SMILES string of the molecule is CC(=O)O.CC(C)Oc1ccccc1.N=C(N)N. The molecule has 102 valence electrons. The average molecular weight is 255 g/mol. The summed E-state index contributed by atoms with van der Waals surface area (Å²) in [5.74, 6) is -0.225. The number of benzene rings is 1. The first kappa shape index (κ1) is 18.1. The van der Waals surface area contributed by atoms with E-state index >= 15 is 0 Å². The third-order valence-corrected chi connectivity index (χ3v) is 1.11. The monoisotopic (exact) mass is 255 g/mol. The van der Waals surface area contributed by atoms with Crippen LogP contribution in [0.1, 0.15) is 20.8 Å². The van der Waals surface area contributed by atoms with E-state index in [9.17, 15) is 0 Å². The molecule has 18 heavy (non-hydrogen) atoms. The lowest BCUT2D eigenvalue weighted by atomic mass is 10.3. The maximum atomic E-state index is 9.00. The number of carbonyl (C=O) groups is 1. The van der Waals surface area contributed by atoms with Crippen molar-refractivity contribution in [2.75, 3.05) is 0 Å². The lowest BCUT2D eigenvalue weighted by molar-refractivity contribution is -0.134. The van der Waals surface area contributed by atoms with E-state index in [2.05, 4.69) is 11.5 Å². The number of carboxylic acid groups (broad SMARTS) is 1. The summed E-state index contributed by atoms with van der Waals surface area (Å²) in [5, 5.41) is 13.5. The van der Waals surface area contributed by atoms with Crippen molar-refractivity contribution in [3.63, 3.8) is 0 Å². The van der Waals surface area contributed by atoms with Crippen LogP contribution in [0.4, 0.5) is 0 Å². The van der Waals surface area contributed by atoms with E-state index < -0.39 is 5.97 Å². The number of rotatable bonds is 2. The Morgan fingerprint density at radius 3 is 1.89 bits per heavy atom. The van der Waals surface area contributed by atoms with Gasteiger partial charge in [0.1, 0.15) is 5.75 Å². The van der Waals surface area contributed by atoms with Crippen molar-refractivity contribution in [2.45, 2.75) is 26.9 Å². The Morgan fingerprint density at radius 1 is 1.28 bits per heavy atom. The van der Waals surface area contributed by atoms with Crippen LogP contribution in [-0.2, 0) is 4.79 Å². The maximum Gasteiger partial charge on any atom is 0.300 e. The van der Waals surface area contributed by atoms with E-state index in [1.54, 1.807) is 0 Å². The van der Waals surface area contributed by atoms with Crippen molar-refractivity contribution in [3.8, 4) is 5.75 Å². The fourth-order valence-electron chi connectivity index (χ4n) is 0.771. The number of carboxylic acids is 1. The Kier molecular flexibility index (Phi) is 11.3. The molecule has 0 saturated heterocycles. The van der Waals surface area contributed by atoms with E-state index in [0.717, 1.165) is 12.7 Å². The minimum atomic E-state index is -0.833. The van der Waals surface area contributed by atoms with Gasteiger partial charge in [-0.2, -0.15) is 0 Å². The predicted molar refractivity (Wildman–Crippen MR) is 71.6 cm³/mol. The lowest BCUT2D eigenvalue weighted by Crippen LogP contribution is -2.20. The van der Waals surface area contributed by atoms with Crippen molar-refractivity contribution < 1.29 is 14.6 Å². The van der Waals surface area contributed by atoms with Crippen molar-refractivity contribution in [1.82, 2.24) is 0 Å². The highest BCUT2D eigenvalue weighted by Gasteiger charge is 1.92. The number of ether oxygens (including phenoxy) is 1. The van der Waals surface area contributed by atoms with Crippen molar-refractivity contribution in [2.24, 2.45) is 11.5 Å². The van der Waals surface area contributed by atoms with E-state index in [1.807, 2.05) is 44.2 Å². The molecule has 1 rings (SSSR count). The number of guanidine groups is 1. The fraction of sp³-hybridized carbons (Fsp3) is 0.333. The molecule has 0 atom stereocenters. The molecule has 0 aliphatic carbocycles. The highest BCUT2D eigenvalue weighted by atomic mass is 16.5. The number of nitrogens with two attached hydrogens (primary N) is 2. The minimum absolute atomic E-state index is 0.266. The van der Waals surface area contributed by atoms with Crippen molar-refractivity contribution in [3.05, 3.63) is 30.3 Å². The van der Waals surface area contributed by atoms with Crippen molar-refractivity contribution >= 4 is 11.9 Å². The molecule has 0 radical (unpaired) electrons. The van der Waals surface area contributed by atoms with Gasteiger partial charge >= 0.3 is 0 Å². The molecule has 0 aromatic heterocycles. The van der Waals surface area contributed by atoms with Gasteiger partial charge in [-0.05, 0) is 26.0 Å². The molecule has 0 saturated carbocycles. The van der Waals surface area contributed by atoms with Gasteiger partial charge in [0.05, 0.1) is 6.10 Å². The van der Waals surface area contributed by atoms with Gasteiger partial charge in [0, 0.05) is 6.92 Å². The molecule has 1 aromatic rings. The highest BCUT2D eigenvalue weighted by molar-refractivity contribution is 5.71. The number of nitrogens with one attached hydrogen (secondary N) is 1. The summed E-state index contributed by atoms with van der Waals surface area (Å²) >= 11 is 0. The molecule has 0 amide bonds. The maximum absolute atomic E-state index is 9.00. The Morgan fingerprint density at radius 2 is 1.61 bits per heavy atom. The van der Waals surface area contributed by atoms with Gasteiger partial charge in [-0.25, -0.2) is 0 Å². The first-order valence-electron chi connectivity index (χ1n) is 5.26. The van der Waals surface area contributed by atoms with Crippen LogP contribution < -0.4 is 16.2 Å². The van der Waals surface area contributed by atoms with Gasteiger partial charge in [0.2, 0.25) is 0 Å². The zero-order valence-corrected chi connectivity index (χ0v) is 10.9. The number of aliphatic carboxylic acids is 1. The third-order valence-electron chi connectivity index (χ3n) is 1.11. The summed E-state index contributed by atoms with van der Waals surface area (Å²) in [6.45, 7) is 5.12. The van der Waals surface area contributed by atoms with E-state index in [1.165, 1.54) is 0 Å². The molecule has 0 heterocycles. The molecule has 1 aromatic carbocycles. The molecule has 0 bridgehead atoms. The molecule has 6 nitrogen and oxygen atoms in total. The Balaban J connectivity index is 0. The van der Waals surface area contributed by atoms with Crippen LogP contribution in [0.25, 0.3) is 0 Å². The molecule has 0 spiro atoms. The third kappa shape index (κ3) is 23.5. The molecular weight excluding hydrogens is 234 g/mol. The second-order valence-corrected chi connectivity index (χ2v) is 3.45. The number of hydrogen-bond acceptors (Lipinski definition) is 3. The zero-order valence-electron chi connectivity index (χ0n) is 10.9. The quantitative estimate of drug-likeness (QED) is 0.470. The zero-order chi connectivity index (χ0) is 14.6. The summed E-state index contributed by atoms with van der Waals surface area (Å²) in [6.07, 6.45) is 0.266. The van der Waals surface area contributed by atoms with Gasteiger partial charge < -0.3 is 21.3 Å². The molecule has 0 fully saturated rings. The molecule has 6 N–H and O–H groups in total. The van der Waals surface area contributed by atoms with Gasteiger partial charge in [0.15, 0.2) is 5.96 Å². The summed E-state index contributed by atoms with van der Waals surface area (Å²) in [5.41, 5.74) is 8.94.